The van der Waals surface area contributed by atoms with Gasteiger partial charge in [-0.25, -0.2) is 18.6 Å². The molecule has 0 radical (unpaired) electrons. The average molecular weight is 414 g/mol. The Bertz CT molecular complexity index is 1000. The van der Waals surface area contributed by atoms with Crippen LogP contribution >= 0.6 is 0 Å². The number of halogens is 2. The van der Waals surface area contributed by atoms with Crippen LogP contribution in [0.4, 0.5) is 8.78 Å². The molecule has 2 heterocycles. The molecule has 1 amide bonds. The molecule has 1 aromatic carbocycles. The summed E-state index contributed by atoms with van der Waals surface area (Å²) >= 11 is 0. The van der Waals surface area contributed by atoms with Gasteiger partial charge in [-0.15, -0.1) is 0 Å². The predicted octanol–water partition coefficient (Wildman–Crippen LogP) is 2.18. The number of carboxylic acid groups (broad SMARTS) is 1. The van der Waals surface area contributed by atoms with E-state index in [1.54, 1.807) is 24.4 Å². The van der Waals surface area contributed by atoms with Crippen LogP contribution in [-0.4, -0.2) is 69.3 Å². The summed E-state index contributed by atoms with van der Waals surface area (Å²) in [6.45, 7) is 1.27. The zero-order valence-electron chi connectivity index (χ0n) is 16.1. The Morgan fingerprint density at radius 3 is 2.33 bits per heavy atom. The molecule has 2 fully saturated rings. The van der Waals surface area contributed by atoms with Gasteiger partial charge >= 0.3 is 5.97 Å². The van der Waals surface area contributed by atoms with Crippen molar-refractivity contribution in [1.29, 1.82) is 0 Å². The highest BCUT2D eigenvalue weighted by molar-refractivity contribution is 6.00. The predicted molar refractivity (Wildman–Crippen MR) is 104 cm³/mol. The van der Waals surface area contributed by atoms with E-state index in [2.05, 4.69) is 9.98 Å². The molecule has 1 aromatic heterocycles. The number of nitrogens with zero attached hydrogens (tertiary/aromatic N) is 4. The number of carbonyl (C=O) groups excluding carboxylic acids is 1. The minimum Gasteiger partial charge on any atom is -0.479 e. The minimum absolute atomic E-state index is 0.265. The van der Waals surface area contributed by atoms with Crippen LogP contribution in [0.5, 0.6) is 0 Å². The monoisotopic (exact) mass is 414 g/mol. The smallest absolute Gasteiger partial charge is 0.331 e. The van der Waals surface area contributed by atoms with Crippen LogP contribution in [0.2, 0.25) is 0 Å². The zero-order valence-corrected chi connectivity index (χ0v) is 16.1. The Morgan fingerprint density at radius 2 is 1.73 bits per heavy atom. The molecule has 0 unspecified atom stereocenters. The quantitative estimate of drug-likeness (QED) is 0.612. The summed E-state index contributed by atoms with van der Waals surface area (Å²) in [6.07, 6.45) is 2.55. The van der Waals surface area contributed by atoms with E-state index in [0.717, 1.165) is 18.2 Å². The maximum atomic E-state index is 14.0. The maximum absolute atomic E-state index is 14.0. The summed E-state index contributed by atoms with van der Waals surface area (Å²) in [5.41, 5.74) is -0.865. The molecule has 156 valence electrons. The summed E-state index contributed by atoms with van der Waals surface area (Å²) in [5.74, 6) is -2.51. The minimum atomic E-state index is -1.12. The van der Waals surface area contributed by atoms with Crippen molar-refractivity contribution in [3.05, 3.63) is 65.5 Å². The highest BCUT2D eigenvalue weighted by atomic mass is 19.1. The van der Waals surface area contributed by atoms with Crippen LogP contribution in [0.15, 0.2) is 47.6 Å². The van der Waals surface area contributed by atoms with Crippen molar-refractivity contribution in [2.45, 2.75) is 18.4 Å². The van der Waals surface area contributed by atoms with E-state index in [1.165, 1.54) is 4.90 Å². The van der Waals surface area contributed by atoms with Gasteiger partial charge in [0.2, 0.25) is 0 Å². The number of carbonyl (C=O) groups is 2. The van der Waals surface area contributed by atoms with Crippen molar-refractivity contribution in [1.82, 2.24) is 14.8 Å². The lowest BCUT2D eigenvalue weighted by atomic mass is 10.1. The zero-order chi connectivity index (χ0) is 21.3. The molecule has 30 heavy (non-hydrogen) atoms. The first kappa shape index (κ1) is 19.9. The molecule has 9 heteroatoms. The lowest BCUT2D eigenvalue weighted by Crippen LogP contribution is -2.51. The second-order valence-corrected chi connectivity index (χ2v) is 7.39. The largest absolute Gasteiger partial charge is 0.479 e. The molecule has 0 spiro atoms. The van der Waals surface area contributed by atoms with Gasteiger partial charge in [-0.1, -0.05) is 6.07 Å². The third kappa shape index (κ3) is 3.87. The summed E-state index contributed by atoms with van der Waals surface area (Å²) in [6, 6.07) is 8.12. The maximum Gasteiger partial charge on any atom is 0.331 e. The number of amidine groups is 1. The third-order valence-electron chi connectivity index (χ3n) is 5.36. The molecule has 1 saturated heterocycles. The Kier molecular flexibility index (Phi) is 5.19. The highest BCUT2D eigenvalue weighted by Gasteiger charge is 2.51. The molecule has 2 aromatic rings. The lowest BCUT2D eigenvalue weighted by Gasteiger charge is -2.36. The fourth-order valence-electron chi connectivity index (χ4n) is 3.43. The molecule has 1 saturated carbocycles. The van der Waals surface area contributed by atoms with Crippen molar-refractivity contribution < 1.29 is 23.5 Å². The van der Waals surface area contributed by atoms with Crippen LogP contribution < -0.4 is 0 Å². The number of carboxylic acids is 1. The fraction of sp³-hybridized carbons (Fsp3) is 0.333. The van der Waals surface area contributed by atoms with E-state index in [1.807, 2.05) is 4.90 Å². The number of hydrogen-bond acceptors (Lipinski definition) is 4. The number of pyridine rings is 1. The fourth-order valence-corrected chi connectivity index (χ4v) is 3.43. The van der Waals surface area contributed by atoms with Gasteiger partial charge in [0.15, 0.2) is 11.4 Å². The molecule has 1 N–H and O–H groups in total. The van der Waals surface area contributed by atoms with Gasteiger partial charge in [0, 0.05) is 32.4 Å². The van der Waals surface area contributed by atoms with Gasteiger partial charge in [-0.3, -0.25) is 9.78 Å². The summed E-state index contributed by atoms with van der Waals surface area (Å²) in [5, 5.41) is 9.52. The SMILES string of the molecule is O=C(c1cc(F)ccc1F)N1CCN(C(=NC2(C(=O)O)CC2)c2ccccn2)CC1. The van der Waals surface area contributed by atoms with Gasteiger partial charge in [0.05, 0.1) is 5.56 Å². The van der Waals surface area contributed by atoms with Gasteiger partial charge < -0.3 is 14.9 Å². The normalized spacial score (nSPS) is 18.3. The van der Waals surface area contributed by atoms with Crippen LogP contribution in [0.1, 0.15) is 28.9 Å². The van der Waals surface area contributed by atoms with Gasteiger partial charge in [-0.2, -0.15) is 0 Å². The van der Waals surface area contributed by atoms with Crippen LogP contribution in [0, 0.1) is 11.6 Å². The molecule has 0 atom stereocenters. The van der Waals surface area contributed by atoms with Crippen LogP contribution in [0.25, 0.3) is 0 Å². The molecule has 7 nitrogen and oxygen atoms in total. The van der Waals surface area contributed by atoms with Crippen molar-refractivity contribution in [2.75, 3.05) is 26.2 Å². The number of aromatic nitrogens is 1. The van der Waals surface area contributed by atoms with Gasteiger partial charge in [0.25, 0.3) is 5.91 Å². The second-order valence-electron chi connectivity index (χ2n) is 7.39. The Morgan fingerprint density at radius 1 is 1.03 bits per heavy atom. The first-order chi connectivity index (χ1) is 14.4. The van der Waals surface area contributed by atoms with E-state index in [0.29, 0.717) is 37.5 Å². The van der Waals surface area contributed by atoms with E-state index in [4.69, 9.17) is 0 Å². The first-order valence-corrected chi connectivity index (χ1v) is 9.63. The molecule has 1 aliphatic heterocycles. The van der Waals surface area contributed by atoms with E-state index in [-0.39, 0.29) is 18.7 Å². The average Bonchev–Trinajstić information content (AvgIpc) is 3.55. The summed E-state index contributed by atoms with van der Waals surface area (Å²) < 4.78 is 27.4. The highest BCUT2D eigenvalue weighted by Crippen LogP contribution is 2.40. The lowest BCUT2D eigenvalue weighted by molar-refractivity contribution is -0.139. The van der Waals surface area contributed by atoms with Gasteiger partial charge in [0.1, 0.15) is 17.3 Å². The topological polar surface area (TPSA) is 86.1 Å². The number of aliphatic carboxylic acids is 1. The van der Waals surface area contributed by atoms with Crippen molar-refractivity contribution in [2.24, 2.45) is 4.99 Å². The van der Waals surface area contributed by atoms with Crippen molar-refractivity contribution in [3.8, 4) is 0 Å². The second kappa shape index (κ2) is 7.81. The third-order valence-corrected chi connectivity index (χ3v) is 5.36. The molecule has 4 rings (SSSR count). The van der Waals surface area contributed by atoms with Crippen LogP contribution in [-0.2, 0) is 4.79 Å². The molecule has 2 aliphatic rings. The molecular formula is C21H20F2N4O3. The number of rotatable bonds is 4. The number of amides is 1. The summed E-state index contributed by atoms with van der Waals surface area (Å²) in [7, 11) is 0. The van der Waals surface area contributed by atoms with E-state index >= 15 is 0 Å². The number of aliphatic imine (C=N–C) groups is 1. The first-order valence-electron chi connectivity index (χ1n) is 9.63. The number of piperazine rings is 1. The van der Waals surface area contributed by atoms with Gasteiger partial charge in [-0.05, 0) is 43.2 Å². The van der Waals surface area contributed by atoms with Crippen molar-refractivity contribution >= 4 is 17.7 Å². The van der Waals surface area contributed by atoms with Crippen molar-refractivity contribution in [3.63, 3.8) is 0 Å². The molecule has 0 bridgehead atoms. The van der Waals surface area contributed by atoms with E-state index < -0.39 is 29.0 Å². The number of hydrogen-bond donors (Lipinski definition) is 1. The summed E-state index contributed by atoms with van der Waals surface area (Å²) in [4.78, 5) is 36.4. The Hall–Kier alpha value is -3.36. The molecular weight excluding hydrogens is 394 g/mol. The Labute approximate surface area is 171 Å². The standard InChI is InChI=1S/C21H20F2N4O3/c22-14-4-5-16(23)15(13-14)19(28)27-11-9-26(10-12-27)18(17-3-1-2-8-24-17)25-21(6-7-21)20(29)30/h1-5,8,13H,6-7,9-12H2,(H,29,30). The Balaban J connectivity index is 1.53. The number of benzene rings is 1. The molecule has 1 aliphatic carbocycles. The van der Waals surface area contributed by atoms with E-state index in [9.17, 15) is 23.5 Å². The van der Waals surface area contributed by atoms with Crippen LogP contribution in [0.3, 0.4) is 0 Å².